The number of carbonyl (C=O) groups is 2. The molecule has 194 valence electrons. The smallest absolute Gasteiger partial charge is 0.323 e. The predicted molar refractivity (Wildman–Crippen MR) is 143 cm³/mol. The van der Waals surface area contributed by atoms with E-state index in [4.69, 9.17) is 17.3 Å². The Morgan fingerprint density at radius 2 is 1.78 bits per heavy atom. The van der Waals surface area contributed by atoms with Crippen molar-refractivity contribution in [2.75, 3.05) is 21.9 Å². The highest BCUT2D eigenvalue weighted by atomic mass is 35.5. The molecular weight excluding hydrogens is 519 g/mol. The summed E-state index contributed by atoms with van der Waals surface area (Å²) in [5, 5.41) is 3.03. The van der Waals surface area contributed by atoms with Crippen molar-refractivity contribution >= 4 is 45.7 Å². The van der Waals surface area contributed by atoms with Crippen LogP contribution in [0, 0.1) is 5.82 Å². The van der Waals surface area contributed by atoms with Gasteiger partial charge in [-0.25, -0.2) is 9.18 Å². The summed E-state index contributed by atoms with van der Waals surface area (Å²) in [5.74, 6) is -1.29. The molecule has 3 amide bonds. The van der Waals surface area contributed by atoms with E-state index in [-0.39, 0.29) is 18.0 Å². The molecule has 1 unspecified atom stereocenters. The van der Waals surface area contributed by atoms with E-state index >= 15 is 4.39 Å². The number of hydrogen-bond acceptors (Lipinski definition) is 5. The van der Waals surface area contributed by atoms with E-state index in [1.807, 2.05) is 6.07 Å². The summed E-state index contributed by atoms with van der Waals surface area (Å²) in [5.41, 5.74) is 6.29. The van der Waals surface area contributed by atoms with E-state index in [1.165, 1.54) is 21.3 Å². The molecule has 1 atom stereocenters. The minimum atomic E-state index is -3.02. The minimum Gasteiger partial charge on any atom is -0.367 e. The Kier molecular flexibility index (Phi) is 6.53. The number of rotatable bonds is 4. The van der Waals surface area contributed by atoms with Crippen LogP contribution >= 0.6 is 22.4 Å². The van der Waals surface area contributed by atoms with Gasteiger partial charge in [-0.15, -0.1) is 10.8 Å². The second-order valence-corrected chi connectivity index (χ2v) is 11.6. The molecule has 2 heterocycles. The van der Waals surface area contributed by atoms with Crippen LogP contribution in [0.3, 0.4) is 0 Å². The van der Waals surface area contributed by atoms with E-state index in [0.717, 1.165) is 18.1 Å². The van der Waals surface area contributed by atoms with E-state index in [2.05, 4.69) is 5.32 Å². The van der Waals surface area contributed by atoms with Crippen LogP contribution in [0.4, 0.5) is 20.6 Å². The van der Waals surface area contributed by atoms with Gasteiger partial charge in [0.15, 0.2) is 5.54 Å². The Labute approximate surface area is 220 Å². The standard InChI is InChI=1S/C26H26ClFN4O4S/c27-19-9-7-18(8-10-19)26(24(29)33)21-6-2-1-5-17(21)16-31(26)25(34)30-23-12-11-20(15-22(23)28)32-13-3-4-14-37(32,35)36/h1-2,5-12,15,35-36H,3-4,13-14,16H2,(H2,29,33)(H,30,34). The SMILES string of the molecule is NC(=O)C1(c2ccc(Cl)cc2)c2ccccc2CN1C(=O)Nc1ccc(N2CCCCS2(O)O)cc1F. The fraction of sp³-hybridized carbons (Fsp3) is 0.231. The molecule has 5 N–H and O–H groups in total. The van der Waals surface area contributed by atoms with Gasteiger partial charge in [-0.1, -0.05) is 48.0 Å². The summed E-state index contributed by atoms with van der Waals surface area (Å²) in [4.78, 5) is 28.0. The quantitative estimate of drug-likeness (QED) is 0.345. The largest absolute Gasteiger partial charge is 0.367 e. The Morgan fingerprint density at radius 1 is 1.05 bits per heavy atom. The second kappa shape index (κ2) is 9.53. The molecule has 2 aliphatic heterocycles. The number of urea groups is 1. The number of nitrogens with zero attached hydrogens (tertiary/aromatic N) is 2. The van der Waals surface area contributed by atoms with Crippen LogP contribution < -0.4 is 15.4 Å². The predicted octanol–water partition coefficient (Wildman–Crippen LogP) is 5.52. The van der Waals surface area contributed by atoms with Crippen molar-refractivity contribution in [1.82, 2.24) is 4.90 Å². The van der Waals surface area contributed by atoms with Crippen LogP contribution in [0.25, 0.3) is 0 Å². The molecule has 0 aromatic heterocycles. The van der Waals surface area contributed by atoms with Crippen molar-refractivity contribution in [2.24, 2.45) is 5.73 Å². The fourth-order valence-corrected chi connectivity index (χ4v) is 6.94. The fourth-order valence-electron chi connectivity index (χ4n) is 5.13. The van der Waals surface area contributed by atoms with Gasteiger partial charge in [0.1, 0.15) is 5.82 Å². The molecule has 1 fully saturated rings. The average Bonchev–Trinajstić information content (AvgIpc) is 3.22. The van der Waals surface area contributed by atoms with Gasteiger partial charge in [0.2, 0.25) is 0 Å². The zero-order chi connectivity index (χ0) is 26.4. The van der Waals surface area contributed by atoms with E-state index in [0.29, 0.717) is 34.8 Å². The second-order valence-electron chi connectivity index (χ2n) is 9.06. The Balaban J connectivity index is 1.50. The Hall–Kier alpha value is -3.31. The van der Waals surface area contributed by atoms with Crippen molar-refractivity contribution in [3.63, 3.8) is 0 Å². The topological polar surface area (TPSA) is 119 Å². The summed E-state index contributed by atoms with van der Waals surface area (Å²) in [7, 11) is -3.02. The summed E-state index contributed by atoms with van der Waals surface area (Å²) < 4.78 is 37.3. The van der Waals surface area contributed by atoms with E-state index in [1.54, 1.807) is 42.5 Å². The lowest BCUT2D eigenvalue weighted by Crippen LogP contribution is -2.55. The molecule has 3 aromatic carbocycles. The molecule has 8 nitrogen and oxygen atoms in total. The lowest BCUT2D eigenvalue weighted by molar-refractivity contribution is -0.126. The number of primary amides is 1. The average molecular weight is 545 g/mol. The highest BCUT2D eigenvalue weighted by Crippen LogP contribution is 2.50. The van der Waals surface area contributed by atoms with Crippen LogP contribution in [-0.4, -0.2) is 38.2 Å². The van der Waals surface area contributed by atoms with E-state index < -0.39 is 34.1 Å². The van der Waals surface area contributed by atoms with Crippen LogP contribution in [0.1, 0.15) is 29.5 Å². The first-order valence-corrected chi connectivity index (χ1v) is 13.8. The lowest BCUT2D eigenvalue weighted by atomic mass is 9.82. The van der Waals surface area contributed by atoms with Gasteiger partial charge in [-0.3, -0.25) is 23.1 Å². The molecule has 1 saturated heterocycles. The maximum Gasteiger partial charge on any atom is 0.323 e. The molecule has 2 aliphatic rings. The van der Waals surface area contributed by atoms with Gasteiger partial charge in [0, 0.05) is 24.2 Å². The van der Waals surface area contributed by atoms with Crippen LogP contribution in [0.15, 0.2) is 66.7 Å². The van der Waals surface area contributed by atoms with Crippen molar-refractivity contribution in [3.05, 3.63) is 94.3 Å². The zero-order valence-electron chi connectivity index (χ0n) is 19.7. The molecule has 5 rings (SSSR count). The maximum atomic E-state index is 15.2. The van der Waals surface area contributed by atoms with Crippen molar-refractivity contribution in [2.45, 2.75) is 24.9 Å². The number of nitrogens with two attached hydrogens (primary N) is 1. The molecule has 0 aliphatic carbocycles. The van der Waals surface area contributed by atoms with Crippen molar-refractivity contribution in [3.8, 4) is 0 Å². The number of amides is 3. The molecule has 37 heavy (non-hydrogen) atoms. The van der Waals surface area contributed by atoms with Crippen LogP contribution in [-0.2, 0) is 16.9 Å². The number of fused-ring (bicyclic) bond motifs is 1. The van der Waals surface area contributed by atoms with Gasteiger partial charge >= 0.3 is 6.03 Å². The summed E-state index contributed by atoms with van der Waals surface area (Å²) in [6.45, 7) is 0.462. The zero-order valence-corrected chi connectivity index (χ0v) is 21.3. The van der Waals surface area contributed by atoms with Crippen molar-refractivity contribution in [1.29, 1.82) is 0 Å². The third kappa shape index (κ3) is 4.29. The molecule has 0 radical (unpaired) electrons. The number of benzene rings is 3. The number of hydrogen-bond donors (Lipinski definition) is 4. The number of halogens is 2. The van der Waals surface area contributed by atoms with Crippen LogP contribution in [0.5, 0.6) is 0 Å². The summed E-state index contributed by atoms with van der Waals surface area (Å²) in [6, 6.07) is 17.0. The molecule has 0 spiro atoms. The first kappa shape index (κ1) is 25.3. The van der Waals surface area contributed by atoms with E-state index in [9.17, 15) is 18.7 Å². The first-order chi connectivity index (χ1) is 17.6. The van der Waals surface area contributed by atoms with Gasteiger partial charge < -0.3 is 11.1 Å². The van der Waals surface area contributed by atoms with Crippen molar-refractivity contribution < 1.29 is 23.1 Å². The first-order valence-electron chi connectivity index (χ1n) is 11.7. The number of nitrogens with one attached hydrogen (secondary N) is 1. The monoisotopic (exact) mass is 544 g/mol. The molecule has 3 aromatic rings. The van der Waals surface area contributed by atoms with Crippen LogP contribution in [0.2, 0.25) is 5.02 Å². The van der Waals surface area contributed by atoms with Gasteiger partial charge in [0.25, 0.3) is 5.91 Å². The highest BCUT2D eigenvalue weighted by molar-refractivity contribution is 8.25. The normalized spacial score (nSPS) is 21.3. The van der Waals surface area contributed by atoms with Gasteiger partial charge in [0.05, 0.1) is 17.1 Å². The Morgan fingerprint density at radius 3 is 2.46 bits per heavy atom. The molecule has 0 saturated carbocycles. The minimum absolute atomic E-state index is 0.0714. The van der Waals surface area contributed by atoms with Gasteiger partial charge in [-0.2, -0.15) is 0 Å². The number of carbonyl (C=O) groups excluding carboxylic acids is 2. The molecule has 0 bridgehead atoms. The Bertz CT molecular complexity index is 1370. The summed E-state index contributed by atoms with van der Waals surface area (Å²) >= 11 is 6.07. The van der Waals surface area contributed by atoms with Gasteiger partial charge in [-0.05, 0) is 53.8 Å². The third-order valence-electron chi connectivity index (χ3n) is 6.87. The highest BCUT2D eigenvalue weighted by Gasteiger charge is 2.53. The molecular formula is C26H26ClFN4O4S. The maximum absolute atomic E-state index is 15.2. The summed E-state index contributed by atoms with van der Waals surface area (Å²) in [6.07, 6.45) is 1.44. The number of anilines is 2. The lowest BCUT2D eigenvalue weighted by Gasteiger charge is -2.47. The molecule has 11 heteroatoms. The third-order valence-corrected chi connectivity index (χ3v) is 9.06.